The lowest BCUT2D eigenvalue weighted by Crippen LogP contribution is -2.21. The number of ether oxygens (including phenoxy) is 1. The zero-order valence-corrected chi connectivity index (χ0v) is 15.9. The van der Waals surface area contributed by atoms with Gasteiger partial charge in [-0.15, -0.1) is 0 Å². The van der Waals surface area contributed by atoms with Crippen molar-refractivity contribution in [2.45, 2.75) is 13.5 Å². The lowest BCUT2D eigenvalue weighted by Gasteiger charge is -2.11. The van der Waals surface area contributed by atoms with Gasteiger partial charge in [0.1, 0.15) is 5.82 Å². The fourth-order valence-electron chi connectivity index (χ4n) is 2.88. The van der Waals surface area contributed by atoms with Crippen molar-refractivity contribution in [1.82, 2.24) is 9.30 Å². The van der Waals surface area contributed by atoms with Crippen LogP contribution in [0, 0.1) is 5.82 Å². The molecule has 138 valence electrons. The van der Waals surface area contributed by atoms with Crippen molar-refractivity contribution >= 4 is 44.1 Å². The number of carbonyl (C=O) groups is 1. The highest BCUT2D eigenvalue weighted by atomic mass is 35.5. The molecule has 0 amide bonds. The minimum absolute atomic E-state index is 0.0257. The maximum atomic E-state index is 14.0. The number of thiazole rings is 1. The summed E-state index contributed by atoms with van der Waals surface area (Å²) >= 11 is 5.90. The average Bonchev–Trinajstić information content (AvgIpc) is 2.85. The fourth-order valence-corrected chi connectivity index (χ4v) is 4.35. The van der Waals surface area contributed by atoms with Crippen molar-refractivity contribution < 1.29 is 18.5 Å². The van der Waals surface area contributed by atoms with Crippen LogP contribution in [0.2, 0.25) is 5.02 Å². The molecule has 1 aromatic carbocycles. The Bertz CT molecular complexity index is 1090. The summed E-state index contributed by atoms with van der Waals surface area (Å²) in [4.78, 5) is 27.1. The first-order chi connectivity index (χ1) is 12.3. The number of benzene rings is 1. The lowest BCUT2D eigenvalue weighted by molar-refractivity contribution is 0.0527. The molecule has 6 nitrogen and oxygen atoms in total. The SMILES string of the molecule is CCOC(=O)c1c(=O)c2cc(F)c(Cl)cc2n2c(CN(C)C)c[s+]([O-])c12. The molecule has 0 aliphatic heterocycles. The largest absolute Gasteiger partial charge is 0.589 e. The van der Waals surface area contributed by atoms with Crippen LogP contribution < -0.4 is 5.43 Å². The number of aromatic nitrogens is 1. The summed E-state index contributed by atoms with van der Waals surface area (Å²) in [5.74, 6) is -1.66. The van der Waals surface area contributed by atoms with Crippen molar-refractivity contribution in [1.29, 1.82) is 0 Å². The van der Waals surface area contributed by atoms with Crippen LogP contribution in [0.15, 0.2) is 22.3 Å². The van der Waals surface area contributed by atoms with Gasteiger partial charge in [-0.1, -0.05) is 11.6 Å². The monoisotopic (exact) mass is 398 g/mol. The molecule has 0 N–H and O–H groups in total. The Morgan fingerprint density at radius 3 is 2.73 bits per heavy atom. The standard InChI is InChI=1S/C17H16ClFN2O4S/c1-4-25-17(23)14-15(22)10-5-12(19)11(18)6-13(10)21-9(7-20(2)3)8-26(24)16(14)21/h5-6,8H,4,7H2,1-3H3. The van der Waals surface area contributed by atoms with Crippen molar-refractivity contribution in [3.63, 3.8) is 0 Å². The van der Waals surface area contributed by atoms with E-state index in [2.05, 4.69) is 0 Å². The Morgan fingerprint density at radius 1 is 1.42 bits per heavy atom. The molecule has 1 unspecified atom stereocenters. The minimum atomic E-state index is -1.72. The molecule has 9 heteroatoms. The van der Waals surface area contributed by atoms with Gasteiger partial charge in [0, 0.05) is 6.54 Å². The van der Waals surface area contributed by atoms with Crippen LogP contribution in [-0.4, -0.2) is 40.5 Å². The number of hydrogen-bond donors (Lipinski definition) is 0. The second-order valence-electron chi connectivity index (χ2n) is 5.99. The molecule has 0 aliphatic rings. The van der Waals surface area contributed by atoms with Crippen LogP contribution in [0.3, 0.4) is 0 Å². The third kappa shape index (κ3) is 2.99. The van der Waals surface area contributed by atoms with E-state index in [0.29, 0.717) is 17.8 Å². The highest BCUT2D eigenvalue weighted by Gasteiger charge is 2.29. The van der Waals surface area contributed by atoms with Crippen LogP contribution in [0.25, 0.3) is 15.7 Å². The van der Waals surface area contributed by atoms with E-state index in [1.807, 2.05) is 19.0 Å². The molecule has 26 heavy (non-hydrogen) atoms. The Labute approximate surface area is 156 Å². The second-order valence-corrected chi connectivity index (χ2v) is 7.62. The predicted octanol–water partition coefficient (Wildman–Crippen LogP) is 3.21. The molecule has 1 atom stereocenters. The van der Waals surface area contributed by atoms with Gasteiger partial charge in [0.25, 0.3) is 4.83 Å². The molecule has 0 bridgehead atoms. The van der Waals surface area contributed by atoms with E-state index in [-0.39, 0.29) is 27.4 Å². The van der Waals surface area contributed by atoms with Crippen molar-refractivity contribution in [2.75, 3.05) is 20.7 Å². The summed E-state index contributed by atoms with van der Waals surface area (Å²) < 4.78 is 33.1. The van der Waals surface area contributed by atoms with Gasteiger partial charge in [-0.05, 0) is 43.9 Å². The Balaban J connectivity index is 2.55. The average molecular weight is 399 g/mol. The molecule has 0 aliphatic carbocycles. The molecular formula is C17H16ClFN2O4S. The van der Waals surface area contributed by atoms with Crippen molar-refractivity contribution in [3.05, 3.63) is 49.8 Å². The van der Waals surface area contributed by atoms with Crippen LogP contribution in [-0.2, 0) is 11.3 Å². The first kappa shape index (κ1) is 18.8. The first-order valence-corrected chi connectivity index (χ1v) is 9.36. The van der Waals surface area contributed by atoms with Gasteiger partial charge < -0.3 is 14.2 Å². The van der Waals surface area contributed by atoms with Crippen LogP contribution in [0.5, 0.6) is 0 Å². The van der Waals surface area contributed by atoms with E-state index in [0.717, 1.165) is 6.07 Å². The highest BCUT2D eigenvalue weighted by molar-refractivity contribution is 7.29. The Hall–Kier alpha value is -2.00. The summed E-state index contributed by atoms with van der Waals surface area (Å²) in [6, 6.07) is 2.29. The van der Waals surface area contributed by atoms with E-state index in [4.69, 9.17) is 16.3 Å². The number of pyridine rings is 1. The third-order valence-electron chi connectivity index (χ3n) is 3.85. The predicted molar refractivity (Wildman–Crippen MR) is 98.1 cm³/mol. The number of halogens is 2. The minimum Gasteiger partial charge on any atom is -0.589 e. The highest BCUT2D eigenvalue weighted by Crippen LogP contribution is 2.33. The number of fused-ring (bicyclic) bond motifs is 3. The Kier molecular flexibility index (Phi) is 5.03. The molecule has 0 saturated carbocycles. The number of hydrogen-bond acceptors (Lipinski definition) is 5. The first-order valence-electron chi connectivity index (χ1n) is 7.77. The molecule has 2 aromatic heterocycles. The van der Waals surface area contributed by atoms with E-state index < -0.39 is 28.0 Å². The van der Waals surface area contributed by atoms with E-state index >= 15 is 0 Å². The van der Waals surface area contributed by atoms with Crippen LogP contribution >= 0.6 is 22.4 Å². The normalized spacial score (nSPS) is 12.3. The molecule has 0 fully saturated rings. The maximum Gasteiger partial charge on any atom is 0.349 e. The zero-order chi connectivity index (χ0) is 19.2. The maximum absolute atomic E-state index is 14.0. The molecule has 0 spiro atoms. The fraction of sp³-hybridized carbons (Fsp3) is 0.294. The van der Waals surface area contributed by atoms with Gasteiger partial charge >= 0.3 is 5.97 Å². The van der Waals surface area contributed by atoms with Gasteiger partial charge in [0.15, 0.2) is 10.9 Å². The summed E-state index contributed by atoms with van der Waals surface area (Å²) in [6.07, 6.45) is 0. The molecule has 3 rings (SSSR count). The lowest BCUT2D eigenvalue weighted by atomic mass is 10.1. The summed E-state index contributed by atoms with van der Waals surface area (Å²) in [5.41, 5.74) is -0.178. The van der Waals surface area contributed by atoms with Gasteiger partial charge in [0.2, 0.25) is 5.43 Å². The van der Waals surface area contributed by atoms with E-state index in [1.165, 1.54) is 15.8 Å². The second kappa shape index (κ2) is 6.96. The third-order valence-corrected chi connectivity index (χ3v) is 5.39. The molecule has 2 heterocycles. The number of nitrogens with zero attached hydrogens (tertiary/aromatic N) is 2. The Morgan fingerprint density at radius 2 is 2.12 bits per heavy atom. The van der Waals surface area contributed by atoms with E-state index in [9.17, 15) is 18.5 Å². The van der Waals surface area contributed by atoms with Crippen molar-refractivity contribution in [2.24, 2.45) is 0 Å². The van der Waals surface area contributed by atoms with Crippen LogP contribution in [0.4, 0.5) is 4.39 Å². The summed E-state index contributed by atoms with van der Waals surface area (Å²) in [5, 5.41) is 1.27. The topological polar surface area (TPSA) is 74.1 Å². The smallest absolute Gasteiger partial charge is 0.349 e. The molecular weight excluding hydrogens is 383 g/mol. The van der Waals surface area contributed by atoms with Gasteiger partial charge in [-0.2, -0.15) is 0 Å². The molecule has 0 saturated heterocycles. The van der Waals surface area contributed by atoms with Crippen LogP contribution in [0.1, 0.15) is 23.0 Å². The number of rotatable bonds is 4. The van der Waals surface area contributed by atoms with Crippen molar-refractivity contribution in [3.8, 4) is 0 Å². The van der Waals surface area contributed by atoms with Gasteiger partial charge in [-0.3, -0.25) is 9.20 Å². The number of carbonyl (C=O) groups excluding carboxylic acids is 1. The van der Waals surface area contributed by atoms with E-state index in [1.54, 1.807) is 6.92 Å². The zero-order valence-electron chi connectivity index (χ0n) is 14.3. The van der Waals surface area contributed by atoms with Gasteiger partial charge in [0.05, 0.1) is 28.2 Å². The quantitative estimate of drug-likeness (QED) is 0.498. The van der Waals surface area contributed by atoms with Gasteiger partial charge in [-0.25, -0.2) is 9.18 Å². The summed E-state index contributed by atoms with van der Waals surface area (Å²) in [7, 11) is 1.93. The molecule has 0 radical (unpaired) electrons. The molecule has 3 aromatic rings. The number of esters is 1. The summed E-state index contributed by atoms with van der Waals surface area (Å²) in [6.45, 7) is 2.05.